The van der Waals surface area contributed by atoms with E-state index in [0.717, 1.165) is 11.1 Å². The highest BCUT2D eigenvalue weighted by Gasteiger charge is 2.28. The second kappa shape index (κ2) is 14.9. The number of nitrogens with zero attached hydrogens (tertiary/aromatic N) is 1. The summed E-state index contributed by atoms with van der Waals surface area (Å²) in [7, 11) is 0. The van der Waals surface area contributed by atoms with Gasteiger partial charge in [-0.1, -0.05) is 72.8 Å². The van der Waals surface area contributed by atoms with Gasteiger partial charge in [0.15, 0.2) is 17.5 Å². The van der Waals surface area contributed by atoms with Crippen LogP contribution in [0.25, 0.3) is 0 Å². The minimum atomic E-state index is -1.21. The number of primary amides is 1. The van der Waals surface area contributed by atoms with Crippen LogP contribution in [0.1, 0.15) is 41.9 Å². The number of nitrogens with one attached hydrogen (secondary N) is 2. The van der Waals surface area contributed by atoms with Crippen molar-refractivity contribution in [3.63, 3.8) is 0 Å². The Bertz CT molecular complexity index is 1310. The number of rotatable bonds is 14. The van der Waals surface area contributed by atoms with E-state index in [1.807, 2.05) is 60.7 Å². The van der Waals surface area contributed by atoms with Gasteiger partial charge in [-0.25, -0.2) is 0 Å². The predicted molar refractivity (Wildman–Crippen MR) is 156 cm³/mol. The average Bonchev–Trinajstić information content (AvgIpc) is 2.96. The Morgan fingerprint density at radius 2 is 1.39 bits per heavy atom. The fourth-order valence-electron chi connectivity index (χ4n) is 4.47. The third kappa shape index (κ3) is 9.27. The van der Waals surface area contributed by atoms with Crippen LogP contribution in [0.4, 0.5) is 0 Å². The number of guanidine groups is 1. The lowest BCUT2D eigenvalue weighted by Crippen LogP contribution is -2.53. The lowest BCUT2D eigenvalue weighted by Gasteiger charge is -2.24. The topological polar surface area (TPSA) is 206 Å². The molecule has 3 aromatic rings. The molecule has 3 amide bonds. The molecule has 41 heavy (non-hydrogen) atoms. The summed E-state index contributed by atoms with van der Waals surface area (Å²) < 4.78 is 0. The number of phenols is 2. The fourth-order valence-corrected chi connectivity index (χ4v) is 4.47. The highest BCUT2D eigenvalue weighted by Crippen LogP contribution is 2.29. The van der Waals surface area contributed by atoms with Gasteiger partial charge in [0.1, 0.15) is 12.1 Å². The Morgan fingerprint density at radius 3 is 1.95 bits per heavy atom. The van der Waals surface area contributed by atoms with E-state index >= 15 is 0 Å². The summed E-state index contributed by atoms with van der Waals surface area (Å²) in [5, 5.41) is 25.3. The zero-order valence-electron chi connectivity index (χ0n) is 22.6. The van der Waals surface area contributed by atoms with E-state index in [4.69, 9.17) is 17.2 Å². The van der Waals surface area contributed by atoms with Crippen LogP contribution in [0.2, 0.25) is 0 Å². The molecular weight excluding hydrogens is 524 g/mol. The summed E-state index contributed by atoms with van der Waals surface area (Å²) in [6.07, 6.45) is 0.451. The van der Waals surface area contributed by atoms with Crippen molar-refractivity contribution in [2.45, 2.75) is 43.7 Å². The van der Waals surface area contributed by atoms with E-state index in [1.54, 1.807) is 0 Å². The number of carbonyl (C=O) groups excluding carboxylic acids is 3. The maximum Gasteiger partial charge on any atom is 0.243 e. The van der Waals surface area contributed by atoms with Crippen molar-refractivity contribution in [3.8, 4) is 11.5 Å². The van der Waals surface area contributed by atoms with E-state index in [2.05, 4.69) is 15.6 Å². The maximum atomic E-state index is 13.4. The first-order valence-corrected chi connectivity index (χ1v) is 13.2. The van der Waals surface area contributed by atoms with Gasteiger partial charge in [-0.05, 0) is 30.0 Å². The fraction of sp³-hybridized carbons (Fsp3) is 0.267. The van der Waals surface area contributed by atoms with Crippen LogP contribution in [-0.2, 0) is 20.8 Å². The Hall–Kier alpha value is -5.06. The van der Waals surface area contributed by atoms with E-state index in [0.29, 0.717) is 6.42 Å². The normalized spacial score (nSPS) is 12.2. The largest absolute Gasteiger partial charge is 0.504 e. The molecule has 0 bridgehead atoms. The first-order valence-electron chi connectivity index (χ1n) is 13.2. The number of para-hydroxylation sites is 1. The molecule has 0 radical (unpaired) electrons. The van der Waals surface area contributed by atoms with Crippen molar-refractivity contribution in [2.24, 2.45) is 22.2 Å². The third-order valence-corrected chi connectivity index (χ3v) is 6.57. The summed E-state index contributed by atoms with van der Waals surface area (Å²) in [6.45, 7) is 0.231. The van der Waals surface area contributed by atoms with Crippen LogP contribution in [0.5, 0.6) is 11.5 Å². The molecule has 0 fully saturated rings. The quantitative estimate of drug-likeness (QED) is 0.0666. The molecule has 0 aromatic heterocycles. The SMILES string of the molecule is NC(=O)[C@H](Cc1cccc(O)c1O)NC(=O)[C@@H](CCCN=C(N)N)NC(=O)CC(c1ccccc1)c1ccccc1. The van der Waals surface area contributed by atoms with Crippen LogP contribution >= 0.6 is 0 Å². The van der Waals surface area contributed by atoms with Crippen molar-refractivity contribution in [3.05, 3.63) is 95.6 Å². The van der Waals surface area contributed by atoms with Crippen molar-refractivity contribution < 1.29 is 24.6 Å². The number of carbonyl (C=O) groups is 3. The molecule has 216 valence electrons. The van der Waals surface area contributed by atoms with Crippen LogP contribution < -0.4 is 27.8 Å². The summed E-state index contributed by atoms with van der Waals surface area (Å²) in [5.74, 6) is -2.98. The molecule has 2 atom stereocenters. The van der Waals surface area contributed by atoms with Crippen LogP contribution in [0.3, 0.4) is 0 Å². The molecule has 0 spiro atoms. The lowest BCUT2D eigenvalue weighted by molar-refractivity contribution is -0.131. The van der Waals surface area contributed by atoms with Gasteiger partial charge in [-0.3, -0.25) is 19.4 Å². The molecule has 11 nitrogen and oxygen atoms in total. The molecule has 0 saturated heterocycles. The van der Waals surface area contributed by atoms with Gasteiger partial charge in [0.25, 0.3) is 0 Å². The van der Waals surface area contributed by atoms with Crippen LogP contribution in [0.15, 0.2) is 83.9 Å². The Labute approximate surface area is 238 Å². The minimum absolute atomic E-state index is 0.0715. The molecule has 0 saturated carbocycles. The molecule has 10 N–H and O–H groups in total. The number of aromatic hydroxyl groups is 2. The van der Waals surface area contributed by atoms with E-state index in [1.165, 1.54) is 18.2 Å². The summed E-state index contributed by atoms with van der Waals surface area (Å²) in [4.78, 5) is 42.8. The van der Waals surface area contributed by atoms with Gasteiger partial charge in [-0.15, -0.1) is 0 Å². The van der Waals surface area contributed by atoms with Gasteiger partial charge >= 0.3 is 0 Å². The lowest BCUT2D eigenvalue weighted by atomic mass is 9.88. The average molecular weight is 561 g/mol. The molecular formula is C30H36N6O5. The van der Waals surface area contributed by atoms with Crippen molar-refractivity contribution in [1.82, 2.24) is 10.6 Å². The number of hydrogen-bond donors (Lipinski definition) is 7. The van der Waals surface area contributed by atoms with Crippen molar-refractivity contribution >= 4 is 23.7 Å². The Morgan fingerprint density at radius 1 is 0.780 bits per heavy atom. The number of benzene rings is 3. The minimum Gasteiger partial charge on any atom is -0.504 e. The number of phenolic OH excluding ortho intramolecular Hbond substituents is 2. The number of amides is 3. The van der Waals surface area contributed by atoms with Crippen LogP contribution in [0, 0.1) is 0 Å². The smallest absolute Gasteiger partial charge is 0.243 e. The first kappa shape index (κ1) is 30.5. The predicted octanol–water partition coefficient (Wildman–Crippen LogP) is 1.37. The van der Waals surface area contributed by atoms with Gasteiger partial charge in [-0.2, -0.15) is 0 Å². The second-order valence-electron chi connectivity index (χ2n) is 9.60. The molecule has 0 heterocycles. The van der Waals surface area contributed by atoms with Crippen molar-refractivity contribution in [1.29, 1.82) is 0 Å². The molecule has 11 heteroatoms. The van der Waals surface area contributed by atoms with Gasteiger partial charge < -0.3 is 38.0 Å². The highest BCUT2D eigenvalue weighted by atomic mass is 16.3. The Balaban J connectivity index is 1.78. The second-order valence-corrected chi connectivity index (χ2v) is 9.60. The first-order chi connectivity index (χ1) is 19.7. The zero-order valence-corrected chi connectivity index (χ0v) is 22.6. The van der Waals surface area contributed by atoms with Gasteiger partial charge in [0, 0.05) is 30.9 Å². The molecule has 0 unspecified atom stereocenters. The molecule has 0 aliphatic heterocycles. The number of nitrogens with two attached hydrogens (primary N) is 3. The van der Waals surface area contributed by atoms with E-state index in [9.17, 15) is 24.6 Å². The van der Waals surface area contributed by atoms with Gasteiger partial charge in [0.05, 0.1) is 0 Å². The maximum absolute atomic E-state index is 13.4. The third-order valence-electron chi connectivity index (χ3n) is 6.57. The molecule has 3 rings (SSSR count). The molecule has 0 aliphatic carbocycles. The Kier molecular flexibility index (Phi) is 11.1. The van der Waals surface area contributed by atoms with Crippen molar-refractivity contribution in [2.75, 3.05) is 6.54 Å². The summed E-state index contributed by atoms with van der Waals surface area (Å²) in [6, 6.07) is 21.2. The van der Waals surface area contributed by atoms with E-state index in [-0.39, 0.29) is 54.9 Å². The van der Waals surface area contributed by atoms with Crippen LogP contribution in [-0.4, -0.2) is 52.5 Å². The molecule has 0 aliphatic rings. The highest BCUT2D eigenvalue weighted by molar-refractivity contribution is 5.92. The number of aliphatic imine (C=N–C) groups is 1. The standard InChI is InChI=1S/C30H36N6O5/c31-28(40)24(17-21-13-7-15-25(37)27(21)39)36-29(41)23(14-8-16-34-30(32)33)35-26(38)18-22(19-9-3-1-4-10-19)20-11-5-2-6-12-20/h1-7,9-13,15,22-24,37,39H,8,14,16-18H2,(H2,31,40)(H,35,38)(H,36,41)(H4,32,33,34)/t23-,24+/m1/s1. The molecule has 3 aromatic carbocycles. The summed E-state index contributed by atoms with van der Waals surface area (Å²) >= 11 is 0. The van der Waals surface area contributed by atoms with Gasteiger partial charge in [0.2, 0.25) is 17.7 Å². The monoisotopic (exact) mass is 560 g/mol. The zero-order chi connectivity index (χ0) is 29.8. The number of hydrogen-bond acceptors (Lipinski definition) is 6. The van der Waals surface area contributed by atoms with E-state index < -0.39 is 29.6 Å². The summed E-state index contributed by atoms with van der Waals surface area (Å²) in [5.41, 5.74) is 18.5.